The first-order valence-corrected chi connectivity index (χ1v) is 29.6. The number of amides is 5. The Kier molecular flexibility index (Phi) is 24.9. The van der Waals surface area contributed by atoms with Crippen LogP contribution in [0.4, 0.5) is 0 Å². The van der Waals surface area contributed by atoms with Crippen molar-refractivity contribution in [1.82, 2.24) is 44.4 Å². The van der Waals surface area contributed by atoms with Crippen LogP contribution in [0.1, 0.15) is 118 Å². The molecule has 0 saturated carbocycles. The molecule has 0 spiro atoms. The van der Waals surface area contributed by atoms with Crippen molar-refractivity contribution in [3.05, 3.63) is 47.8 Å². The summed E-state index contributed by atoms with van der Waals surface area (Å²) >= 11 is 1.06. The molecule has 5 rings (SSSR count). The van der Waals surface area contributed by atoms with Gasteiger partial charge in [-0.05, 0) is 55.9 Å². The summed E-state index contributed by atoms with van der Waals surface area (Å²) in [6.45, 7) is 15.8. The number of thioether (sulfide) groups is 1. The van der Waals surface area contributed by atoms with Crippen molar-refractivity contribution >= 4 is 70.8 Å². The molecule has 4 heterocycles. The average Bonchev–Trinajstić information content (AvgIpc) is 4.23. The Labute approximate surface area is 481 Å². The number of aliphatic carboxylic acids is 2. The van der Waals surface area contributed by atoms with Crippen molar-refractivity contribution in [1.29, 1.82) is 0 Å². The summed E-state index contributed by atoms with van der Waals surface area (Å²) in [5, 5.41) is 27.0. The summed E-state index contributed by atoms with van der Waals surface area (Å²) in [6.07, 6.45) is 3.85. The number of imide groups is 1. The molecule has 2 N–H and O–H groups in total. The number of benzene rings is 1. The summed E-state index contributed by atoms with van der Waals surface area (Å²) in [5.74, 6) is -5.85. The number of aliphatic imine (C=N–C) groups is 1. The number of carboxylic acids is 2. The molecule has 3 aliphatic heterocycles. The second-order valence-corrected chi connectivity index (χ2v) is 24.1. The second-order valence-electron chi connectivity index (χ2n) is 22.9. The fourth-order valence-corrected chi connectivity index (χ4v) is 12.6. The van der Waals surface area contributed by atoms with Gasteiger partial charge in [0.1, 0.15) is 23.3 Å². The van der Waals surface area contributed by atoms with E-state index in [9.17, 15) is 53.4 Å². The number of aryl methyl sites for hydroxylation is 1. The first-order valence-electron chi connectivity index (χ1n) is 28.6. The number of nitrogens with zero attached hydrogens (tertiary/aromatic N) is 10. The summed E-state index contributed by atoms with van der Waals surface area (Å²) in [6, 6.07) is 7.81. The molecular formula is C58H88N10O12S. The van der Waals surface area contributed by atoms with Crippen LogP contribution in [0.25, 0.3) is 0 Å². The van der Waals surface area contributed by atoms with Gasteiger partial charge in [-0.15, -0.1) is 16.9 Å². The predicted molar refractivity (Wildman–Crippen MR) is 305 cm³/mol. The minimum Gasteiger partial charge on any atom is -0.481 e. The molecule has 0 radical (unpaired) electrons. The number of piperazine rings is 1. The monoisotopic (exact) mass is 1150 g/mol. The highest BCUT2D eigenvalue weighted by atomic mass is 32.2. The average molecular weight is 1150 g/mol. The van der Waals surface area contributed by atoms with Crippen LogP contribution in [0.5, 0.6) is 0 Å². The first kappa shape index (κ1) is 65.6. The van der Waals surface area contributed by atoms with E-state index in [2.05, 4.69) is 22.1 Å². The Morgan fingerprint density at radius 2 is 1.52 bits per heavy atom. The number of hydrogen-bond donors (Lipinski definition) is 2. The van der Waals surface area contributed by atoms with E-state index in [0.29, 0.717) is 63.8 Å². The van der Waals surface area contributed by atoms with Gasteiger partial charge in [0.15, 0.2) is 5.96 Å². The molecule has 3 saturated heterocycles. The van der Waals surface area contributed by atoms with Gasteiger partial charge in [0.05, 0.1) is 48.4 Å². The van der Waals surface area contributed by atoms with Gasteiger partial charge in [-0.2, -0.15) is 0 Å². The van der Waals surface area contributed by atoms with Crippen molar-refractivity contribution in [2.75, 3.05) is 66.7 Å². The fraction of sp³-hybridized carbons (Fsp3) is 0.690. The molecule has 5 amide bonds. The summed E-state index contributed by atoms with van der Waals surface area (Å²) in [7, 11) is 7.08. The Morgan fingerprint density at radius 3 is 2.11 bits per heavy atom. The van der Waals surface area contributed by atoms with Crippen LogP contribution < -0.4 is 0 Å². The summed E-state index contributed by atoms with van der Waals surface area (Å²) < 4.78 is 7.70. The van der Waals surface area contributed by atoms with Gasteiger partial charge >= 0.3 is 11.9 Å². The van der Waals surface area contributed by atoms with Crippen LogP contribution in [0.2, 0.25) is 0 Å². The lowest BCUT2D eigenvalue weighted by Gasteiger charge is -2.41. The predicted octanol–water partition coefficient (Wildman–Crippen LogP) is 4.63. The minimum atomic E-state index is -1.13. The second kappa shape index (κ2) is 30.7. The summed E-state index contributed by atoms with van der Waals surface area (Å²) in [5.41, 5.74) is 1.25. The highest BCUT2D eigenvalue weighted by Crippen LogP contribution is 2.34. The molecule has 1 aromatic heterocycles. The lowest BCUT2D eigenvalue weighted by Crippen LogP contribution is -2.56. The van der Waals surface area contributed by atoms with Gasteiger partial charge in [0.2, 0.25) is 29.5 Å². The Balaban J connectivity index is 1.15. The lowest BCUT2D eigenvalue weighted by molar-refractivity contribution is -0.145. The normalized spacial score (nSPS) is 19.9. The van der Waals surface area contributed by atoms with E-state index in [1.807, 2.05) is 93.7 Å². The number of likely N-dealkylation sites (tertiary alicyclic amines) is 2. The molecule has 2 aromatic rings. The molecule has 2 unspecified atom stereocenters. The van der Waals surface area contributed by atoms with Gasteiger partial charge in [-0.1, -0.05) is 83.5 Å². The minimum absolute atomic E-state index is 0.0223. The maximum Gasteiger partial charge on any atom is 0.307 e. The van der Waals surface area contributed by atoms with Gasteiger partial charge in [-0.25, -0.2) is 4.99 Å². The highest BCUT2D eigenvalue weighted by Gasteiger charge is 2.43. The number of carbonyl (C=O) groups excluding carboxylic acids is 7. The molecule has 3 fully saturated rings. The van der Waals surface area contributed by atoms with Crippen LogP contribution in [0.15, 0.2) is 41.5 Å². The van der Waals surface area contributed by atoms with Crippen LogP contribution in [-0.4, -0.2) is 210 Å². The molecule has 3 aliphatic rings. The maximum absolute atomic E-state index is 14.8. The zero-order valence-electron chi connectivity index (χ0n) is 49.4. The molecule has 23 heteroatoms. The zero-order valence-corrected chi connectivity index (χ0v) is 50.2. The van der Waals surface area contributed by atoms with E-state index >= 15 is 0 Å². The van der Waals surface area contributed by atoms with Gasteiger partial charge in [0.25, 0.3) is 0 Å². The number of carbonyl (C=O) groups is 9. The Bertz CT molecular complexity index is 2540. The molecule has 81 heavy (non-hydrogen) atoms. The first-order chi connectivity index (χ1) is 38.4. The topological polar surface area (TPSA) is 266 Å². The number of methoxy groups -OCH3 is 1. The Morgan fingerprint density at radius 1 is 0.864 bits per heavy atom. The van der Waals surface area contributed by atoms with Crippen molar-refractivity contribution in [2.24, 2.45) is 40.5 Å². The molecule has 0 aliphatic carbocycles. The number of Topliss-reactive ketones (excluding diaryl/α,β-unsaturated/α-hetero) is 2. The van der Waals surface area contributed by atoms with Crippen LogP contribution in [-0.2, 0) is 67.4 Å². The summed E-state index contributed by atoms with van der Waals surface area (Å²) in [4.78, 5) is 133. The zero-order chi connectivity index (χ0) is 59.8. The SMILES string of the molecule is CC[C@H](C)[C@@H]([C@@H](CC(=O)N1CCCC1[C@H](C)[C@@H](C)C(=O)C[C@@H](Cc1ccccc1)C(=O)O)OC)N(C)C(=O)[C@@H](N=C(N(C)C)N1CCN(C(=O)CCCn2cc(CN3C(=O)CC(SC[C@H](CC(C)=O)C(=O)O)C3=O)nn2)CC1)C(C)C. The number of likely N-dealkylation sites (N-methyl/N-ethyl adjacent to an activating group) is 1. The van der Waals surface area contributed by atoms with Crippen LogP contribution in [0.3, 0.4) is 0 Å². The third kappa shape index (κ3) is 17.9. The van der Waals surface area contributed by atoms with Gasteiger partial charge in [-0.3, -0.25) is 47.9 Å². The molecule has 22 nitrogen and oxygen atoms in total. The molecule has 448 valence electrons. The van der Waals surface area contributed by atoms with E-state index in [-0.39, 0.29) is 104 Å². The van der Waals surface area contributed by atoms with E-state index in [1.54, 1.807) is 29.9 Å². The largest absolute Gasteiger partial charge is 0.481 e. The number of rotatable bonds is 30. The number of guanidine groups is 1. The Hall–Kier alpha value is -6.23. The van der Waals surface area contributed by atoms with Gasteiger partial charge < -0.3 is 44.2 Å². The molecule has 1 aromatic carbocycles. The highest BCUT2D eigenvalue weighted by molar-refractivity contribution is 8.00. The van der Waals surface area contributed by atoms with Crippen molar-refractivity contribution < 1.29 is 58.1 Å². The molecule has 10 atom stereocenters. The standard InChI is InChI=1S/C58H88N10O12S/c1-12-37(4)53(47(80-11)31-50(72)67-23-16-20-45(67)39(6)40(7)46(70)30-42(56(76)77)29-41-18-14-13-15-19-41)63(10)55(75)52(36(2)3)59-58(62(8)9)65-26-24-64(25-27-65)49(71)21-17-22-66-33-44(60-61-66)34-68-51(73)32-48(54(68)74)81-35-43(57(78)79)28-38(5)69/h13-15,18-19,33,36-37,39-40,42-43,45,47-48,52-53H,12,16-17,20-32,34-35H2,1-11H3,(H,76,77)(H,78,79)/t37-,39+,40+,42+,43-,45?,47+,48?,52-,53-/m0/s1. The van der Waals surface area contributed by atoms with E-state index in [1.165, 1.54) is 6.92 Å². The van der Waals surface area contributed by atoms with Crippen molar-refractivity contribution in [3.63, 3.8) is 0 Å². The maximum atomic E-state index is 14.8. The van der Waals surface area contributed by atoms with E-state index in [4.69, 9.17) is 9.73 Å². The van der Waals surface area contributed by atoms with Crippen LogP contribution >= 0.6 is 11.8 Å². The van der Waals surface area contributed by atoms with Crippen molar-refractivity contribution in [3.8, 4) is 0 Å². The smallest absolute Gasteiger partial charge is 0.307 e. The van der Waals surface area contributed by atoms with E-state index < -0.39 is 64.9 Å². The molecule has 0 bridgehead atoms. The quantitative estimate of drug-likeness (QED) is 0.0613. The number of carboxylic acid groups (broad SMARTS) is 2. The van der Waals surface area contributed by atoms with Crippen molar-refractivity contribution in [2.45, 2.75) is 155 Å². The third-order valence-electron chi connectivity index (χ3n) is 16.4. The lowest BCUT2D eigenvalue weighted by atomic mass is 9.81. The number of ether oxygens (including phenoxy) is 1. The number of ketones is 2. The number of hydrogen-bond acceptors (Lipinski definition) is 14. The molecular weight excluding hydrogens is 1060 g/mol. The third-order valence-corrected chi connectivity index (χ3v) is 17.8. The van der Waals surface area contributed by atoms with E-state index in [0.717, 1.165) is 35.1 Å². The van der Waals surface area contributed by atoms with Gasteiger partial charge in [0, 0.05) is 111 Å². The van der Waals surface area contributed by atoms with Crippen LogP contribution in [0, 0.1) is 35.5 Å². The number of aromatic nitrogens is 3. The fourth-order valence-electron chi connectivity index (χ4n) is 11.3.